The summed E-state index contributed by atoms with van der Waals surface area (Å²) in [5, 5.41) is 3.73. The van der Waals surface area contributed by atoms with Gasteiger partial charge in [-0.1, -0.05) is 65.7 Å². The predicted molar refractivity (Wildman–Crippen MR) is 124 cm³/mol. The molecule has 0 spiro atoms. The number of esters is 1. The molecule has 0 aromatic heterocycles. The van der Waals surface area contributed by atoms with Gasteiger partial charge in [0, 0.05) is 16.1 Å². The van der Waals surface area contributed by atoms with E-state index in [1.165, 1.54) is 0 Å². The summed E-state index contributed by atoms with van der Waals surface area (Å²) in [6, 6.07) is 18.8. The first-order valence-electron chi connectivity index (χ1n) is 10.3. The van der Waals surface area contributed by atoms with Gasteiger partial charge in [-0.15, -0.1) is 0 Å². The van der Waals surface area contributed by atoms with Crippen molar-refractivity contribution in [1.29, 1.82) is 0 Å². The van der Waals surface area contributed by atoms with Crippen LogP contribution < -0.4 is 10.1 Å². The fourth-order valence-electron chi connectivity index (χ4n) is 3.57. The molecular formula is C25H21Cl2NO5. The second-order valence-electron chi connectivity index (χ2n) is 7.45. The van der Waals surface area contributed by atoms with E-state index in [0.29, 0.717) is 33.5 Å². The van der Waals surface area contributed by atoms with Gasteiger partial charge in [-0.25, -0.2) is 0 Å². The molecule has 1 atom stereocenters. The van der Waals surface area contributed by atoms with Crippen LogP contribution in [-0.4, -0.2) is 18.7 Å². The molecule has 1 unspecified atom stereocenters. The molecule has 1 N–H and O–H groups in total. The summed E-state index contributed by atoms with van der Waals surface area (Å²) in [6.07, 6.45) is -0.0626. The summed E-state index contributed by atoms with van der Waals surface area (Å²) in [6.45, 7) is 0.489. The van der Waals surface area contributed by atoms with Crippen molar-refractivity contribution in [3.8, 4) is 5.75 Å². The highest BCUT2D eigenvalue weighted by atomic mass is 35.5. The molecular weight excluding hydrogens is 465 g/mol. The largest absolute Gasteiger partial charge is 0.467 e. The molecule has 1 heterocycles. The highest BCUT2D eigenvalue weighted by Gasteiger charge is 2.22. The monoisotopic (exact) mass is 485 g/mol. The number of hydrogen-bond donors (Lipinski definition) is 1. The second kappa shape index (κ2) is 10.7. The van der Waals surface area contributed by atoms with Gasteiger partial charge in [0.05, 0.1) is 29.7 Å². The van der Waals surface area contributed by atoms with E-state index in [9.17, 15) is 9.59 Å². The Morgan fingerprint density at radius 3 is 2.58 bits per heavy atom. The first-order chi connectivity index (χ1) is 16.0. The van der Waals surface area contributed by atoms with Gasteiger partial charge in [0.15, 0.2) is 6.79 Å². The van der Waals surface area contributed by atoms with Crippen molar-refractivity contribution in [1.82, 2.24) is 5.32 Å². The van der Waals surface area contributed by atoms with Crippen LogP contribution in [0.1, 0.15) is 39.5 Å². The van der Waals surface area contributed by atoms with E-state index in [4.69, 9.17) is 37.4 Å². The average Bonchev–Trinajstić information content (AvgIpc) is 2.82. The van der Waals surface area contributed by atoms with Gasteiger partial charge in [-0.3, -0.25) is 9.59 Å². The Labute approximate surface area is 201 Å². The Morgan fingerprint density at radius 1 is 1.03 bits per heavy atom. The minimum Gasteiger partial charge on any atom is -0.467 e. The normalized spacial score (nSPS) is 13.4. The number of halogens is 2. The van der Waals surface area contributed by atoms with Crippen LogP contribution in [0, 0.1) is 0 Å². The van der Waals surface area contributed by atoms with Crippen LogP contribution in [-0.2, 0) is 27.5 Å². The lowest BCUT2D eigenvalue weighted by atomic mass is 10.0. The van der Waals surface area contributed by atoms with Gasteiger partial charge in [0.1, 0.15) is 12.4 Å². The minimum absolute atomic E-state index is 0.0122. The number of amides is 1. The quantitative estimate of drug-likeness (QED) is 0.449. The number of carbonyl (C=O) groups is 2. The highest BCUT2D eigenvalue weighted by Crippen LogP contribution is 2.32. The highest BCUT2D eigenvalue weighted by molar-refractivity contribution is 6.33. The molecule has 0 saturated carbocycles. The molecule has 1 aliphatic rings. The SMILES string of the molecule is O=C(CC(NC(=O)c1ccccc1Cl)c1ccccc1)OCc1cc(Cl)cc2c1OCOC2. The van der Waals surface area contributed by atoms with E-state index in [-0.39, 0.29) is 25.7 Å². The van der Waals surface area contributed by atoms with E-state index in [1.807, 2.05) is 30.3 Å². The number of rotatable bonds is 7. The van der Waals surface area contributed by atoms with Crippen LogP contribution in [0.3, 0.4) is 0 Å². The molecule has 0 fully saturated rings. The van der Waals surface area contributed by atoms with Gasteiger partial charge < -0.3 is 19.5 Å². The van der Waals surface area contributed by atoms with Crippen molar-refractivity contribution in [2.45, 2.75) is 25.7 Å². The summed E-state index contributed by atoms with van der Waals surface area (Å²) in [4.78, 5) is 25.6. The molecule has 4 rings (SSSR count). The second-order valence-corrected chi connectivity index (χ2v) is 8.29. The number of fused-ring (bicyclic) bond motifs is 1. The Morgan fingerprint density at radius 2 is 1.79 bits per heavy atom. The van der Waals surface area contributed by atoms with Crippen LogP contribution in [0.4, 0.5) is 0 Å². The third kappa shape index (κ3) is 5.85. The summed E-state index contributed by atoms with van der Waals surface area (Å²) in [5.41, 5.74) is 2.56. The van der Waals surface area contributed by atoms with Crippen molar-refractivity contribution in [2.24, 2.45) is 0 Å². The molecule has 6 nitrogen and oxygen atoms in total. The first-order valence-corrected chi connectivity index (χ1v) is 11.0. The Kier molecular flexibility index (Phi) is 7.50. The van der Waals surface area contributed by atoms with E-state index in [2.05, 4.69) is 5.32 Å². The maximum atomic E-state index is 12.8. The molecule has 170 valence electrons. The lowest BCUT2D eigenvalue weighted by molar-refractivity contribution is -0.145. The molecule has 3 aromatic carbocycles. The molecule has 0 saturated heterocycles. The molecule has 0 aliphatic carbocycles. The Balaban J connectivity index is 1.47. The van der Waals surface area contributed by atoms with Crippen molar-refractivity contribution >= 4 is 35.1 Å². The zero-order chi connectivity index (χ0) is 23.2. The lowest BCUT2D eigenvalue weighted by Crippen LogP contribution is -2.30. The summed E-state index contributed by atoms with van der Waals surface area (Å²) in [7, 11) is 0. The van der Waals surface area contributed by atoms with E-state index >= 15 is 0 Å². The van der Waals surface area contributed by atoms with Gasteiger partial charge in [0.2, 0.25) is 0 Å². The van der Waals surface area contributed by atoms with E-state index in [0.717, 1.165) is 11.1 Å². The third-order valence-corrected chi connectivity index (χ3v) is 5.68. The van der Waals surface area contributed by atoms with Crippen molar-refractivity contribution in [3.63, 3.8) is 0 Å². The number of hydrogen-bond acceptors (Lipinski definition) is 5. The maximum absolute atomic E-state index is 12.8. The van der Waals surface area contributed by atoms with Gasteiger partial charge in [-0.05, 0) is 29.8 Å². The van der Waals surface area contributed by atoms with Crippen LogP contribution in [0.5, 0.6) is 5.75 Å². The third-order valence-electron chi connectivity index (χ3n) is 5.14. The molecule has 1 amide bonds. The van der Waals surface area contributed by atoms with Crippen LogP contribution in [0.15, 0.2) is 66.7 Å². The smallest absolute Gasteiger partial charge is 0.308 e. The number of ether oxygens (including phenoxy) is 3. The maximum Gasteiger partial charge on any atom is 0.308 e. The minimum atomic E-state index is -0.597. The zero-order valence-electron chi connectivity index (χ0n) is 17.6. The number of carbonyl (C=O) groups excluding carboxylic acids is 2. The van der Waals surface area contributed by atoms with Crippen molar-refractivity contribution < 1.29 is 23.8 Å². The van der Waals surface area contributed by atoms with Crippen LogP contribution in [0.2, 0.25) is 10.0 Å². The topological polar surface area (TPSA) is 73.9 Å². The molecule has 0 radical (unpaired) electrons. The summed E-state index contributed by atoms with van der Waals surface area (Å²) in [5.74, 6) is -0.242. The van der Waals surface area contributed by atoms with Gasteiger partial charge >= 0.3 is 5.97 Å². The van der Waals surface area contributed by atoms with E-state index < -0.39 is 12.0 Å². The molecule has 0 bridgehead atoms. The van der Waals surface area contributed by atoms with Crippen molar-refractivity contribution in [3.05, 3.63) is 99.0 Å². The fourth-order valence-corrected chi connectivity index (χ4v) is 4.05. The molecule has 33 heavy (non-hydrogen) atoms. The molecule has 1 aliphatic heterocycles. The van der Waals surface area contributed by atoms with Crippen LogP contribution >= 0.6 is 23.2 Å². The zero-order valence-corrected chi connectivity index (χ0v) is 19.1. The average molecular weight is 486 g/mol. The predicted octanol–water partition coefficient (Wildman–Crippen LogP) is 5.46. The van der Waals surface area contributed by atoms with Gasteiger partial charge in [0.25, 0.3) is 5.91 Å². The Hall–Kier alpha value is -3.06. The standard InChI is InChI=1S/C25H21Cl2NO5/c26-19-10-17-13-31-15-33-24(17)18(11-19)14-32-23(29)12-22(16-6-2-1-3-7-16)28-25(30)20-8-4-5-9-21(20)27/h1-11,22H,12-15H2,(H,28,30). The molecule has 3 aromatic rings. The van der Waals surface area contributed by atoms with E-state index in [1.54, 1.807) is 36.4 Å². The van der Waals surface area contributed by atoms with Crippen molar-refractivity contribution in [2.75, 3.05) is 6.79 Å². The molecule has 8 heteroatoms. The van der Waals surface area contributed by atoms with Gasteiger partial charge in [-0.2, -0.15) is 0 Å². The summed E-state index contributed by atoms with van der Waals surface area (Å²) < 4.78 is 16.4. The number of benzene rings is 3. The number of nitrogens with one attached hydrogen (secondary N) is 1. The first kappa shape index (κ1) is 23.1. The van der Waals surface area contributed by atoms with Crippen LogP contribution in [0.25, 0.3) is 0 Å². The lowest BCUT2D eigenvalue weighted by Gasteiger charge is -2.22. The summed E-state index contributed by atoms with van der Waals surface area (Å²) >= 11 is 12.3. The fraction of sp³-hybridized carbons (Fsp3) is 0.200. The Bertz CT molecular complexity index is 1150.